The van der Waals surface area contributed by atoms with E-state index in [-0.39, 0.29) is 12.2 Å². The van der Waals surface area contributed by atoms with Crippen LogP contribution in [0.15, 0.2) is 82.2 Å². The lowest BCUT2D eigenvalue weighted by Gasteiger charge is -2.24. The summed E-state index contributed by atoms with van der Waals surface area (Å²) >= 11 is 1.26. The molecule has 34 heavy (non-hydrogen) atoms. The largest absolute Gasteiger partial charge is 0.497 e. The summed E-state index contributed by atoms with van der Waals surface area (Å²) in [6, 6.07) is 14.1. The molecule has 1 atom stereocenters. The molecule has 2 aromatic carbocycles. The van der Waals surface area contributed by atoms with Crippen LogP contribution in [0, 0.1) is 0 Å². The van der Waals surface area contributed by atoms with Gasteiger partial charge in [-0.05, 0) is 30.7 Å². The number of thiazole rings is 1. The standard InChI is InChI=1S/C26H24N2O5S/c1-5-13-33-25(30)22-16(2)27-26-28(23(22)17-9-7-6-8-10-17)24(29)21(34-26)14-18-11-12-19(31-3)15-20(18)32-4/h5-12,14-15,23H,1,13H2,2-4H3/b21-14-/t23-/m0/s1. The van der Waals surface area contributed by atoms with Crippen molar-refractivity contribution in [2.45, 2.75) is 13.0 Å². The zero-order valence-corrected chi connectivity index (χ0v) is 19.9. The molecule has 0 unspecified atom stereocenters. The molecule has 0 spiro atoms. The summed E-state index contributed by atoms with van der Waals surface area (Å²) in [7, 11) is 3.14. The molecule has 0 radical (unpaired) electrons. The third-order valence-electron chi connectivity index (χ3n) is 5.42. The number of methoxy groups -OCH3 is 2. The van der Waals surface area contributed by atoms with Crippen molar-refractivity contribution in [2.24, 2.45) is 4.99 Å². The number of rotatable bonds is 7. The van der Waals surface area contributed by atoms with Gasteiger partial charge in [0.1, 0.15) is 18.1 Å². The highest BCUT2D eigenvalue weighted by atomic mass is 32.1. The molecule has 3 aromatic rings. The molecule has 1 aliphatic heterocycles. The second-order valence-corrected chi connectivity index (χ2v) is 8.50. The van der Waals surface area contributed by atoms with E-state index in [0.29, 0.717) is 32.1 Å². The van der Waals surface area contributed by atoms with E-state index in [4.69, 9.17) is 14.2 Å². The Balaban J connectivity index is 1.92. The molecule has 1 aromatic heterocycles. The van der Waals surface area contributed by atoms with Crippen LogP contribution in [0.3, 0.4) is 0 Å². The second-order valence-electron chi connectivity index (χ2n) is 7.49. The second kappa shape index (κ2) is 9.93. The fraction of sp³-hybridized carbons (Fsp3) is 0.192. The smallest absolute Gasteiger partial charge is 0.338 e. The lowest BCUT2D eigenvalue weighted by atomic mass is 9.96. The van der Waals surface area contributed by atoms with Crippen LogP contribution in [0.2, 0.25) is 0 Å². The number of esters is 1. The molecule has 2 heterocycles. The molecule has 4 rings (SSSR count). The monoisotopic (exact) mass is 476 g/mol. The molecule has 7 nitrogen and oxygen atoms in total. The Morgan fingerprint density at radius 1 is 1.18 bits per heavy atom. The van der Waals surface area contributed by atoms with E-state index < -0.39 is 12.0 Å². The van der Waals surface area contributed by atoms with Crippen molar-refractivity contribution in [2.75, 3.05) is 20.8 Å². The molecular formula is C26H24N2O5S. The Morgan fingerprint density at radius 3 is 2.62 bits per heavy atom. The third kappa shape index (κ3) is 4.32. The quantitative estimate of drug-likeness (QED) is 0.387. The van der Waals surface area contributed by atoms with Crippen molar-refractivity contribution in [3.05, 3.63) is 103 Å². The van der Waals surface area contributed by atoms with Gasteiger partial charge in [-0.15, -0.1) is 0 Å². The van der Waals surface area contributed by atoms with Gasteiger partial charge in [-0.1, -0.05) is 54.3 Å². The van der Waals surface area contributed by atoms with Crippen LogP contribution in [0.5, 0.6) is 11.5 Å². The van der Waals surface area contributed by atoms with Gasteiger partial charge in [0.05, 0.1) is 36.1 Å². The summed E-state index contributed by atoms with van der Waals surface area (Å²) in [4.78, 5) is 31.7. The Bertz CT molecular complexity index is 1450. The first kappa shape index (κ1) is 23.3. The van der Waals surface area contributed by atoms with Crippen molar-refractivity contribution in [3.8, 4) is 11.5 Å². The molecule has 8 heteroatoms. The summed E-state index contributed by atoms with van der Waals surface area (Å²) in [6.45, 7) is 5.42. The summed E-state index contributed by atoms with van der Waals surface area (Å²) in [5, 5.41) is 0. The van der Waals surface area contributed by atoms with E-state index in [0.717, 1.165) is 11.1 Å². The number of fused-ring (bicyclic) bond motifs is 1. The van der Waals surface area contributed by atoms with Gasteiger partial charge in [0, 0.05) is 11.6 Å². The Hall–Kier alpha value is -3.91. The molecule has 1 aliphatic rings. The van der Waals surface area contributed by atoms with E-state index >= 15 is 0 Å². The number of carbonyl (C=O) groups excluding carboxylic acids is 1. The maximum Gasteiger partial charge on any atom is 0.338 e. The highest BCUT2D eigenvalue weighted by Gasteiger charge is 2.33. The van der Waals surface area contributed by atoms with Crippen LogP contribution in [-0.2, 0) is 9.53 Å². The third-order valence-corrected chi connectivity index (χ3v) is 6.40. The lowest BCUT2D eigenvalue weighted by Crippen LogP contribution is -2.39. The predicted molar refractivity (Wildman–Crippen MR) is 131 cm³/mol. The Labute approximate surface area is 200 Å². The van der Waals surface area contributed by atoms with Crippen molar-refractivity contribution in [1.82, 2.24) is 4.57 Å². The molecule has 0 saturated carbocycles. The lowest BCUT2D eigenvalue weighted by molar-refractivity contribution is -0.138. The fourth-order valence-electron chi connectivity index (χ4n) is 3.82. The fourth-order valence-corrected chi connectivity index (χ4v) is 4.86. The average molecular weight is 477 g/mol. The first-order valence-corrected chi connectivity index (χ1v) is 11.4. The molecule has 0 saturated heterocycles. The number of aromatic nitrogens is 1. The van der Waals surface area contributed by atoms with Crippen molar-refractivity contribution in [3.63, 3.8) is 0 Å². The molecule has 0 aliphatic carbocycles. The Morgan fingerprint density at radius 2 is 1.94 bits per heavy atom. The van der Waals surface area contributed by atoms with Gasteiger partial charge < -0.3 is 14.2 Å². The number of benzene rings is 2. The SMILES string of the molecule is C=CCOC(=O)C1=C(C)N=c2s/c(=C\c3ccc(OC)cc3OC)c(=O)n2[C@H]1c1ccccc1. The summed E-state index contributed by atoms with van der Waals surface area (Å²) in [5.41, 5.74) is 2.10. The number of allylic oxidation sites excluding steroid dienone is 1. The van der Waals surface area contributed by atoms with Crippen LogP contribution < -0.4 is 24.4 Å². The first-order valence-electron chi connectivity index (χ1n) is 10.6. The van der Waals surface area contributed by atoms with Gasteiger partial charge in [-0.2, -0.15) is 0 Å². The number of nitrogens with zero attached hydrogens (tertiary/aromatic N) is 2. The zero-order chi connectivity index (χ0) is 24.2. The van der Waals surface area contributed by atoms with Gasteiger partial charge in [-0.3, -0.25) is 9.36 Å². The highest BCUT2D eigenvalue weighted by molar-refractivity contribution is 7.07. The number of hydrogen-bond acceptors (Lipinski definition) is 7. The molecule has 0 N–H and O–H groups in total. The van der Waals surface area contributed by atoms with Crippen LogP contribution in [0.25, 0.3) is 6.08 Å². The minimum atomic E-state index is -0.658. The number of carbonyl (C=O) groups is 1. The van der Waals surface area contributed by atoms with E-state index in [1.54, 1.807) is 43.9 Å². The van der Waals surface area contributed by atoms with E-state index in [1.807, 2.05) is 36.4 Å². The summed E-state index contributed by atoms with van der Waals surface area (Å²) in [5.74, 6) is 0.702. The van der Waals surface area contributed by atoms with Gasteiger partial charge in [0.25, 0.3) is 5.56 Å². The number of ether oxygens (including phenoxy) is 3. The maximum atomic E-state index is 13.6. The van der Waals surface area contributed by atoms with E-state index in [2.05, 4.69) is 11.6 Å². The van der Waals surface area contributed by atoms with E-state index in [9.17, 15) is 9.59 Å². The zero-order valence-electron chi connectivity index (χ0n) is 19.1. The molecule has 0 fully saturated rings. The average Bonchev–Trinajstić information content (AvgIpc) is 3.16. The molecule has 0 bridgehead atoms. The number of hydrogen-bond donors (Lipinski definition) is 0. The van der Waals surface area contributed by atoms with Crippen molar-refractivity contribution in [1.29, 1.82) is 0 Å². The van der Waals surface area contributed by atoms with Crippen LogP contribution in [-0.4, -0.2) is 31.4 Å². The molecule has 174 valence electrons. The minimum absolute atomic E-state index is 0.0683. The van der Waals surface area contributed by atoms with Gasteiger partial charge in [0.2, 0.25) is 0 Å². The van der Waals surface area contributed by atoms with Crippen LogP contribution in [0.4, 0.5) is 0 Å². The predicted octanol–water partition coefficient (Wildman–Crippen LogP) is 2.98. The first-order chi connectivity index (χ1) is 16.5. The minimum Gasteiger partial charge on any atom is -0.497 e. The normalized spacial score (nSPS) is 15.4. The molecule has 0 amide bonds. The van der Waals surface area contributed by atoms with Gasteiger partial charge in [-0.25, -0.2) is 9.79 Å². The summed E-state index contributed by atoms with van der Waals surface area (Å²) < 4.78 is 18.1. The van der Waals surface area contributed by atoms with Crippen molar-refractivity contribution < 1.29 is 19.0 Å². The van der Waals surface area contributed by atoms with Crippen LogP contribution >= 0.6 is 11.3 Å². The topological polar surface area (TPSA) is 79.1 Å². The van der Waals surface area contributed by atoms with Crippen LogP contribution in [0.1, 0.15) is 24.1 Å². The van der Waals surface area contributed by atoms with E-state index in [1.165, 1.54) is 17.4 Å². The summed E-state index contributed by atoms with van der Waals surface area (Å²) in [6.07, 6.45) is 3.27. The Kier molecular flexibility index (Phi) is 6.79. The van der Waals surface area contributed by atoms with Gasteiger partial charge >= 0.3 is 5.97 Å². The van der Waals surface area contributed by atoms with Gasteiger partial charge in [0.15, 0.2) is 4.80 Å². The molecular weight excluding hydrogens is 452 g/mol. The highest BCUT2D eigenvalue weighted by Crippen LogP contribution is 2.30. The maximum absolute atomic E-state index is 13.6. The van der Waals surface area contributed by atoms with Crippen molar-refractivity contribution >= 4 is 23.4 Å².